The minimum absolute atomic E-state index is 0.136. The molecule has 3 N–H and O–H groups in total. The van der Waals surface area contributed by atoms with Gasteiger partial charge in [0.05, 0.1) is 24.0 Å². The van der Waals surface area contributed by atoms with Gasteiger partial charge in [0.15, 0.2) is 46.0 Å². The molecule has 0 amide bonds. The van der Waals surface area contributed by atoms with E-state index in [-0.39, 0.29) is 35.8 Å². The van der Waals surface area contributed by atoms with Crippen LogP contribution in [0.5, 0.6) is 46.0 Å². The van der Waals surface area contributed by atoms with Crippen LogP contribution in [0.2, 0.25) is 0 Å². The van der Waals surface area contributed by atoms with Crippen molar-refractivity contribution in [2.45, 2.75) is 60.6 Å². The summed E-state index contributed by atoms with van der Waals surface area (Å²) in [7, 11) is 1.22. The number of nitrogens with one attached hydrogen (secondary N) is 1. The highest BCUT2D eigenvalue weighted by atomic mass is 35.7. The molecule has 6 aliphatic heterocycles. The summed E-state index contributed by atoms with van der Waals surface area (Å²) in [6.07, 6.45) is 3.76. The Morgan fingerprint density at radius 3 is 1.49 bits per heavy atom. The lowest BCUT2D eigenvalue weighted by molar-refractivity contribution is 0.156. The highest BCUT2D eigenvalue weighted by Crippen LogP contribution is 2.49. The Balaban J connectivity index is 0.000000145. The highest BCUT2D eigenvalue weighted by molar-refractivity contribution is 8.13. The zero-order valence-electron chi connectivity index (χ0n) is 40.5. The van der Waals surface area contributed by atoms with Gasteiger partial charge in [-0.1, -0.05) is 48.5 Å². The van der Waals surface area contributed by atoms with Gasteiger partial charge in [0.2, 0.25) is 23.6 Å². The average molecular weight is 1050 g/mol. The van der Waals surface area contributed by atoms with Crippen molar-refractivity contribution < 1.29 is 54.7 Å². The molecule has 0 fully saturated rings. The zero-order valence-corrected chi connectivity index (χ0v) is 42.9. The summed E-state index contributed by atoms with van der Waals surface area (Å²) < 4.78 is 94.5. The van der Waals surface area contributed by atoms with E-state index in [1.54, 1.807) is 62.8 Å². The molecular weight excluding hydrogens is 996 g/mol. The molecule has 6 aromatic carbocycles. The van der Waals surface area contributed by atoms with Gasteiger partial charge in [0.1, 0.15) is 13.2 Å². The van der Waals surface area contributed by atoms with Gasteiger partial charge in [-0.25, -0.2) is 21.6 Å². The summed E-state index contributed by atoms with van der Waals surface area (Å²) in [5.74, 6) is 6.35. The molecule has 0 aromatic heterocycles. The molecule has 2 unspecified atom stereocenters. The number of hydrogen-bond donors (Lipinski definition) is 2. The standard InChI is InChI=1S/C27H28N2O6S.C21H24N2O4.C6H5ClO2S/c1-32-24-8-7-18-13-23-21-15-26-25(34-17-35-26)14-19(21)9-11-29(23)16-22(18)27(24)33-12-10-28-36(30,31)20-5-3-2-4-6-20;1-24-18-3-2-13-8-17-15-10-20-19(26-12-27-20)9-14(15)4-6-23(17)11-16(13)21(18)25-7-5-22;7-10(8,9)6-4-2-1-3-5-6/h2-8,14-15,23,28H,9-13,16-17H2,1H3;2-3,9-10,17H,4-8,11-12,22H2,1H3;1-5H. The van der Waals surface area contributed by atoms with Crippen LogP contribution < -0.4 is 48.4 Å². The van der Waals surface area contributed by atoms with Crippen LogP contribution in [0, 0.1) is 0 Å². The molecule has 384 valence electrons. The first-order valence-corrected chi connectivity index (χ1v) is 27.9. The maximum Gasteiger partial charge on any atom is 0.261 e. The van der Waals surface area contributed by atoms with Crippen LogP contribution in [-0.4, -0.2) is 93.8 Å². The first kappa shape index (κ1) is 50.3. The minimum Gasteiger partial charge on any atom is -0.493 e. The molecule has 73 heavy (non-hydrogen) atoms. The van der Waals surface area contributed by atoms with E-state index in [0.29, 0.717) is 37.5 Å². The van der Waals surface area contributed by atoms with Crippen molar-refractivity contribution in [3.8, 4) is 46.0 Å². The molecule has 0 radical (unpaired) electrons. The normalized spacial score (nSPS) is 17.9. The summed E-state index contributed by atoms with van der Waals surface area (Å²) in [5.41, 5.74) is 15.8. The van der Waals surface area contributed by atoms with Crippen molar-refractivity contribution in [1.29, 1.82) is 0 Å². The number of sulfonamides is 1. The van der Waals surface area contributed by atoms with Gasteiger partial charge in [0, 0.05) is 73.2 Å². The zero-order chi connectivity index (χ0) is 50.7. The lowest BCUT2D eigenvalue weighted by atomic mass is 9.83. The van der Waals surface area contributed by atoms with E-state index >= 15 is 0 Å². The number of nitrogens with two attached hydrogens (primary N) is 1. The highest BCUT2D eigenvalue weighted by Gasteiger charge is 2.37. The van der Waals surface area contributed by atoms with Crippen LogP contribution in [-0.2, 0) is 57.8 Å². The molecule has 19 heteroatoms. The average Bonchev–Trinajstić information content (AvgIpc) is 4.09. The number of halogens is 1. The fourth-order valence-corrected chi connectivity index (χ4v) is 12.2. The predicted octanol–water partition coefficient (Wildman–Crippen LogP) is 7.47. The molecule has 12 rings (SSSR count). The van der Waals surface area contributed by atoms with E-state index in [0.717, 1.165) is 91.9 Å². The van der Waals surface area contributed by atoms with Crippen LogP contribution in [0.3, 0.4) is 0 Å². The number of methoxy groups -OCH3 is 2. The Bertz CT molecular complexity index is 3200. The molecule has 0 aliphatic carbocycles. The van der Waals surface area contributed by atoms with Crippen LogP contribution in [0.1, 0.15) is 56.6 Å². The van der Waals surface area contributed by atoms with Gasteiger partial charge in [-0.05, 0) is 120 Å². The van der Waals surface area contributed by atoms with Crippen LogP contribution in [0.4, 0.5) is 0 Å². The van der Waals surface area contributed by atoms with Gasteiger partial charge in [-0.3, -0.25) is 9.80 Å². The molecule has 16 nitrogen and oxygen atoms in total. The monoisotopic (exact) mass is 1050 g/mol. The lowest BCUT2D eigenvalue weighted by Crippen LogP contribution is -2.39. The second-order valence-corrected chi connectivity index (χ2v) is 22.4. The molecule has 0 saturated heterocycles. The maximum absolute atomic E-state index is 12.5. The third-order valence-corrected chi connectivity index (χ3v) is 16.8. The van der Waals surface area contributed by atoms with Gasteiger partial charge >= 0.3 is 0 Å². The van der Waals surface area contributed by atoms with Crippen LogP contribution in [0.25, 0.3) is 0 Å². The fourth-order valence-electron chi connectivity index (χ4n) is 10.4. The number of rotatable bonds is 12. The lowest BCUT2D eigenvalue weighted by Gasteiger charge is -2.42. The number of benzene rings is 6. The molecule has 6 aliphatic rings. The van der Waals surface area contributed by atoms with E-state index in [1.165, 1.54) is 51.1 Å². The first-order chi connectivity index (χ1) is 35.4. The number of hydrogen-bond acceptors (Lipinski definition) is 15. The number of nitrogens with zero attached hydrogens (tertiary/aromatic N) is 2. The Morgan fingerprint density at radius 2 is 1.05 bits per heavy atom. The van der Waals surface area contributed by atoms with Crippen molar-refractivity contribution >= 4 is 29.8 Å². The van der Waals surface area contributed by atoms with Crippen molar-refractivity contribution in [3.05, 3.63) is 154 Å². The summed E-state index contributed by atoms with van der Waals surface area (Å²) in [6.45, 7) is 5.44. The van der Waals surface area contributed by atoms with E-state index in [1.807, 2.05) is 12.1 Å². The largest absolute Gasteiger partial charge is 0.493 e. The number of ether oxygens (including phenoxy) is 8. The van der Waals surface area contributed by atoms with Gasteiger partial charge in [-0.15, -0.1) is 0 Å². The molecular formula is C54H57ClN4O12S2. The van der Waals surface area contributed by atoms with Gasteiger partial charge in [-0.2, -0.15) is 0 Å². The SMILES string of the molecule is COc1ccc2c(c1OCCN)CN1CCc3cc4c(cc3C1C2)OCO4.COc1ccc2c(c1OCCNS(=O)(=O)c1ccccc1)CN1CCc3cc4c(cc3C1C2)OCO4.O=S(=O)(Cl)c1ccccc1. The second-order valence-electron chi connectivity index (χ2n) is 18.1. The van der Waals surface area contributed by atoms with Crippen molar-refractivity contribution in [3.63, 3.8) is 0 Å². The van der Waals surface area contributed by atoms with Gasteiger partial charge < -0.3 is 43.6 Å². The summed E-state index contributed by atoms with van der Waals surface area (Å²) in [4.78, 5) is 5.37. The van der Waals surface area contributed by atoms with E-state index in [2.05, 4.69) is 50.9 Å². The second kappa shape index (κ2) is 21.7. The fraction of sp³-hybridized carbons (Fsp3) is 0.333. The third-order valence-electron chi connectivity index (χ3n) is 13.9. The molecule has 2 atom stereocenters. The topological polar surface area (TPSA) is 187 Å². The van der Waals surface area contributed by atoms with Crippen molar-refractivity contribution in [2.24, 2.45) is 5.73 Å². The summed E-state index contributed by atoms with van der Waals surface area (Å²) in [6, 6.07) is 33.6. The Morgan fingerprint density at radius 1 is 0.603 bits per heavy atom. The predicted molar refractivity (Wildman–Crippen MR) is 273 cm³/mol. The molecule has 6 heterocycles. The van der Waals surface area contributed by atoms with E-state index < -0.39 is 19.1 Å². The molecule has 0 bridgehead atoms. The minimum atomic E-state index is -3.59. The Labute approximate surface area is 430 Å². The van der Waals surface area contributed by atoms with Crippen LogP contribution in [0.15, 0.2) is 119 Å². The molecule has 0 saturated carbocycles. The summed E-state index contributed by atoms with van der Waals surface area (Å²) >= 11 is 0. The smallest absolute Gasteiger partial charge is 0.261 e. The van der Waals surface area contributed by atoms with Crippen molar-refractivity contribution in [1.82, 2.24) is 14.5 Å². The maximum atomic E-state index is 12.5. The van der Waals surface area contributed by atoms with E-state index in [4.69, 9.17) is 54.3 Å². The van der Waals surface area contributed by atoms with Gasteiger partial charge in [0.25, 0.3) is 9.05 Å². The quantitative estimate of drug-likeness (QED) is 0.0908. The Kier molecular flexibility index (Phi) is 14.9. The van der Waals surface area contributed by atoms with Crippen molar-refractivity contribution in [2.75, 3.05) is 67.2 Å². The first-order valence-electron chi connectivity index (χ1n) is 24.1. The van der Waals surface area contributed by atoms with E-state index in [9.17, 15) is 16.8 Å². The Hall–Kier alpha value is -6.25. The molecule has 6 aromatic rings. The molecule has 0 spiro atoms. The summed E-state index contributed by atoms with van der Waals surface area (Å²) in [5, 5.41) is 0. The third kappa shape index (κ3) is 10.7. The number of fused-ring (bicyclic) bond motifs is 10. The van der Waals surface area contributed by atoms with Crippen LogP contribution >= 0.6 is 10.7 Å².